The second-order valence-corrected chi connectivity index (χ2v) is 5.32. The van der Waals surface area contributed by atoms with Crippen molar-refractivity contribution < 1.29 is 4.79 Å². The molecule has 102 valence electrons. The maximum Gasteiger partial charge on any atom is 0.251 e. The van der Waals surface area contributed by atoms with Crippen molar-refractivity contribution in [2.24, 2.45) is 5.92 Å². The number of amides is 1. The Bertz CT molecular complexity index is 430. The number of hydrogen-bond donors (Lipinski definition) is 1. The van der Waals surface area contributed by atoms with Gasteiger partial charge in [-0.2, -0.15) is 5.26 Å². The molecular formula is C15H19BrN2O. The molecule has 0 aromatic heterocycles. The second kappa shape index (κ2) is 8.71. The van der Waals surface area contributed by atoms with Crippen molar-refractivity contribution in [3.63, 3.8) is 0 Å². The Kier molecular flexibility index (Phi) is 7.20. The van der Waals surface area contributed by atoms with Crippen molar-refractivity contribution in [3.8, 4) is 6.07 Å². The summed E-state index contributed by atoms with van der Waals surface area (Å²) in [7, 11) is 0. The summed E-state index contributed by atoms with van der Waals surface area (Å²) in [6.45, 7) is 2.86. The van der Waals surface area contributed by atoms with Crippen molar-refractivity contribution in [1.82, 2.24) is 5.32 Å². The van der Waals surface area contributed by atoms with Crippen LogP contribution in [-0.4, -0.2) is 17.8 Å². The molecule has 0 aliphatic carbocycles. The molecule has 3 nitrogen and oxygen atoms in total. The third-order valence-electron chi connectivity index (χ3n) is 3.04. The number of benzene rings is 1. The molecule has 0 bridgehead atoms. The monoisotopic (exact) mass is 322 g/mol. The summed E-state index contributed by atoms with van der Waals surface area (Å²) in [4.78, 5) is 12.0. The fourth-order valence-electron chi connectivity index (χ4n) is 1.95. The van der Waals surface area contributed by atoms with Crippen LogP contribution in [0.15, 0.2) is 24.3 Å². The van der Waals surface area contributed by atoms with E-state index in [-0.39, 0.29) is 5.91 Å². The van der Waals surface area contributed by atoms with Crippen LogP contribution in [0, 0.1) is 17.2 Å². The van der Waals surface area contributed by atoms with Crippen molar-refractivity contribution in [2.45, 2.75) is 26.2 Å². The van der Waals surface area contributed by atoms with Crippen molar-refractivity contribution in [1.29, 1.82) is 5.26 Å². The third-order valence-corrected chi connectivity index (χ3v) is 3.50. The Morgan fingerprint density at radius 3 is 2.58 bits per heavy atom. The lowest BCUT2D eigenvalue weighted by atomic mass is 10.0. The lowest BCUT2D eigenvalue weighted by Gasteiger charge is -2.15. The summed E-state index contributed by atoms with van der Waals surface area (Å²) in [6.07, 6.45) is 3.32. The predicted octanol–water partition coefficient (Wildman–Crippen LogP) is 3.49. The van der Waals surface area contributed by atoms with E-state index in [1.807, 2.05) is 6.07 Å². The van der Waals surface area contributed by atoms with E-state index in [4.69, 9.17) is 5.26 Å². The average molecular weight is 323 g/mol. The molecule has 19 heavy (non-hydrogen) atoms. The molecule has 1 atom stereocenters. The summed E-state index contributed by atoms with van der Waals surface area (Å²) < 4.78 is 0. The first kappa shape index (κ1) is 15.7. The molecule has 0 aliphatic rings. The van der Waals surface area contributed by atoms with Gasteiger partial charge < -0.3 is 5.32 Å². The SMILES string of the molecule is CCCC(CCBr)CNC(=O)c1ccc(C#N)cc1. The zero-order valence-corrected chi connectivity index (χ0v) is 12.7. The van der Waals surface area contributed by atoms with Crippen LogP contribution in [0.1, 0.15) is 42.1 Å². The molecule has 1 aromatic rings. The standard InChI is InChI=1S/C15H19BrN2O/c1-2-3-13(8-9-16)11-18-15(19)14-6-4-12(10-17)5-7-14/h4-7,13H,2-3,8-9,11H2,1H3,(H,18,19). The van der Waals surface area contributed by atoms with Gasteiger partial charge in [-0.15, -0.1) is 0 Å². The minimum absolute atomic E-state index is 0.0693. The van der Waals surface area contributed by atoms with E-state index in [0.717, 1.165) is 24.6 Å². The van der Waals surface area contributed by atoms with Crippen LogP contribution in [0.2, 0.25) is 0 Å². The van der Waals surface area contributed by atoms with E-state index in [1.165, 1.54) is 0 Å². The minimum atomic E-state index is -0.0693. The van der Waals surface area contributed by atoms with Crippen LogP contribution in [0.4, 0.5) is 0 Å². The van der Waals surface area contributed by atoms with Gasteiger partial charge >= 0.3 is 0 Å². The van der Waals surface area contributed by atoms with Gasteiger partial charge in [0.05, 0.1) is 11.6 Å². The molecule has 4 heteroatoms. The van der Waals surface area contributed by atoms with Gasteiger partial charge in [0, 0.05) is 17.4 Å². The highest BCUT2D eigenvalue weighted by Crippen LogP contribution is 2.12. The number of carbonyl (C=O) groups excluding carboxylic acids is 1. The first-order chi connectivity index (χ1) is 9.21. The minimum Gasteiger partial charge on any atom is -0.352 e. The lowest BCUT2D eigenvalue weighted by molar-refractivity contribution is 0.0946. The highest BCUT2D eigenvalue weighted by atomic mass is 79.9. The van der Waals surface area contributed by atoms with Gasteiger partial charge in [0.25, 0.3) is 5.91 Å². The van der Waals surface area contributed by atoms with Crippen LogP contribution >= 0.6 is 15.9 Å². The molecular weight excluding hydrogens is 304 g/mol. The molecule has 0 radical (unpaired) electrons. The Labute approximate surface area is 123 Å². The van der Waals surface area contributed by atoms with Crippen LogP contribution in [0.5, 0.6) is 0 Å². The number of nitrogens with one attached hydrogen (secondary N) is 1. The van der Waals surface area contributed by atoms with Crippen LogP contribution in [0.3, 0.4) is 0 Å². The number of alkyl halides is 1. The Morgan fingerprint density at radius 1 is 1.37 bits per heavy atom. The van der Waals surface area contributed by atoms with Gasteiger partial charge in [0.1, 0.15) is 0 Å². The zero-order valence-electron chi connectivity index (χ0n) is 11.2. The summed E-state index contributed by atoms with van der Waals surface area (Å²) >= 11 is 3.44. The smallest absolute Gasteiger partial charge is 0.251 e. The zero-order chi connectivity index (χ0) is 14.1. The quantitative estimate of drug-likeness (QED) is 0.781. The summed E-state index contributed by atoms with van der Waals surface area (Å²) in [5, 5.41) is 12.6. The highest BCUT2D eigenvalue weighted by Gasteiger charge is 2.10. The number of nitriles is 1. The molecule has 0 saturated heterocycles. The Balaban J connectivity index is 2.51. The van der Waals surface area contributed by atoms with Crippen molar-refractivity contribution in [3.05, 3.63) is 35.4 Å². The largest absolute Gasteiger partial charge is 0.352 e. The molecule has 0 fully saturated rings. The number of nitrogens with zero attached hydrogens (tertiary/aromatic N) is 1. The maximum atomic E-state index is 12.0. The molecule has 0 spiro atoms. The molecule has 1 unspecified atom stereocenters. The van der Waals surface area contributed by atoms with Gasteiger partial charge in [0.15, 0.2) is 0 Å². The second-order valence-electron chi connectivity index (χ2n) is 4.53. The van der Waals surface area contributed by atoms with E-state index in [1.54, 1.807) is 24.3 Å². The number of halogens is 1. The van der Waals surface area contributed by atoms with Crippen molar-refractivity contribution >= 4 is 21.8 Å². The number of hydrogen-bond acceptors (Lipinski definition) is 2. The van der Waals surface area contributed by atoms with E-state index in [0.29, 0.717) is 23.6 Å². The summed E-state index contributed by atoms with van der Waals surface area (Å²) in [5.41, 5.74) is 1.17. The molecule has 1 rings (SSSR count). The first-order valence-electron chi connectivity index (χ1n) is 6.55. The molecule has 1 amide bonds. The van der Waals surface area contributed by atoms with Gasteiger partial charge in [0.2, 0.25) is 0 Å². The van der Waals surface area contributed by atoms with Crippen LogP contribution < -0.4 is 5.32 Å². The lowest BCUT2D eigenvalue weighted by Crippen LogP contribution is -2.29. The highest BCUT2D eigenvalue weighted by molar-refractivity contribution is 9.09. The normalized spacial score (nSPS) is 11.6. The molecule has 0 saturated carbocycles. The van der Waals surface area contributed by atoms with E-state index < -0.39 is 0 Å². The van der Waals surface area contributed by atoms with E-state index in [2.05, 4.69) is 28.2 Å². The Hall–Kier alpha value is -1.34. The van der Waals surface area contributed by atoms with Crippen molar-refractivity contribution in [2.75, 3.05) is 11.9 Å². The van der Waals surface area contributed by atoms with E-state index in [9.17, 15) is 4.79 Å². The summed E-state index contributed by atoms with van der Waals surface area (Å²) in [5.74, 6) is 0.451. The first-order valence-corrected chi connectivity index (χ1v) is 7.67. The third kappa shape index (κ3) is 5.44. The topological polar surface area (TPSA) is 52.9 Å². The van der Waals surface area contributed by atoms with Gasteiger partial charge in [-0.25, -0.2) is 0 Å². The molecule has 0 aliphatic heterocycles. The molecule has 1 N–H and O–H groups in total. The van der Waals surface area contributed by atoms with Gasteiger partial charge in [-0.1, -0.05) is 29.3 Å². The van der Waals surface area contributed by atoms with Crippen LogP contribution in [0.25, 0.3) is 0 Å². The number of carbonyl (C=O) groups is 1. The average Bonchev–Trinajstić information content (AvgIpc) is 2.45. The molecule has 1 aromatic carbocycles. The fourth-order valence-corrected chi connectivity index (χ4v) is 2.59. The number of rotatable bonds is 7. The van der Waals surface area contributed by atoms with Gasteiger partial charge in [-0.3, -0.25) is 4.79 Å². The van der Waals surface area contributed by atoms with Gasteiger partial charge in [-0.05, 0) is 43.0 Å². The summed E-state index contributed by atoms with van der Waals surface area (Å²) in [6, 6.07) is 8.74. The van der Waals surface area contributed by atoms with E-state index >= 15 is 0 Å². The maximum absolute atomic E-state index is 12.0. The Morgan fingerprint density at radius 2 is 2.05 bits per heavy atom. The fraction of sp³-hybridized carbons (Fsp3) is 0.467. The molecule has 0 heterocycles. The van der Waals surface area contributed by atoms with Crippen LogP contribution in [-0.2, 0) is 0 Å². The predicted molar refractivity (Wildman–Crippen MR) is 80.3 cm³/mol.